The lowest BCUT2D eigenvalue weighted by atomic mass is 10.2. The highest BCUT2D eigenvalue weighted by molar-refractivity contribution is 9.10. The molecule has 0 fully saturated rings. The van der Waals surface area contributed by atoms with E-state index in [1.165, 1.54) is 12.3 Å². The summed E-state index contributed by atoms with van der Waals surface area (Å²) in [5.74, 6) is -2.41. The van der Waals surface area contributed by atoms with Crippen molar-refractivity contribution in [3.63, 3.8) is 0 Å². The van der Waals surface area contributed by atoms with E-state index in [2.05, 4.69) is 20.9 Å². The zero-order chi connectivity index (χ0) is 14.7. The zero-order valence-corrected chi connectivity index (χ0v) is 11.7. The van der Waals surface area contributed by atoms with Crippen molar-refractivity contribution >= 4 is 21.8 Å². The van der Waals surface area contributed by atoms with E-state index in [4.69, 9.17) is 15.9 Å². The SMILES string of the molecule is N=C(N)c1cc(COc2cc(Br)cc(F)c2F)ccn1. The van der Waals surface area contributed by atoms with Gasteiger partial charge < -0.3 is 10.5 Å². The third-order valence-corrected chi connectivity index (χ3v) is 2.91. The molecule has 0 aliphatic rings. The minimum absolute atomic E-state index is 0.00954. The summed E-state index contributed by atoms with van der Waals surface area (Å²) in [7, 11) is 0. The number of benzene rings is 1. The van der Waals surface area contributed by atoms with Crippen LogP contribution in [0.2, 0.25) is 0 Å². The molecule has 0 aliphatic heterocycles. The van der Waals surface area contributed by atoms with Gasteiger partial charge in [-0.25, -0.2) is 4.39 Å². The van der Waals surface area contributed by atoms with E-state index in [9.17, 15) is 8.78 Å². The van der Waals surface area contributed by atoms with Crippen LogP contribution in [0.15, 0.2) is 34.9 Å². The first-order valence-electron chi connectivity index (χ1n) is 5.54. The molecule has 0 unspecified atom stereocenters. The molecule has 104 valence electrons. The van der Waals surface area contributed by atoms with Crippen molar-refractivity contribution in [3.8, 4) is 5.75 Å². The Hall–Kier alpha value is -2.02. The van der Waals surface area contributed by atoms with E-state index in [0.717, 1.165) is 6.07 Å². The minimum atomic E-state index is -1.05. The van der Waals surface area contributed by atoms with Gasteiger partial charge in [-0.3, -0.25) is 10.4 Å². The third-order valence-electron chi connectivity index (χ3n) is 2.45. The van der Waals surface area contributed by atoms with Gasteiger partial charge in [0.1, 0.15) is 18.1 Å². The minimum Gasteiger partial charge on any atom is -0.486 e. The molecule has 3 N–H and O–H groups in total. The molecule has 1 aromatic carbocycles. The van der Waals surface area contributed by atoms with E-state index < -0.39 is 11.6 Å². The first-order valence-corrected chi connectivity index (χ1v) is 6.33. The number of nitrogens with two attached hydrogens (primary N) is 1. The van der Waals surface area contributed by atoms with Gasteiger partial charge in [0.05, 0.1) is 0 Å². The Labute approximate surface area is 122 Å². The van der Waals surface area contributed by atoms with E-state index in [0.29, 0.717) is 15.7 Å². The standard InChI is InChI=1S/C13H10BrF2N3O/c14-8-4-9(15)12(16)11(5-8)20-6-7-1-2-19-10(3-7)13(17)18/h1-5H,6H2,(H3,17,18). The zero-order valence-electron chi connectivity index (χ0n) is 10.2. The van der Waals surface area contributed by atoms with Gasteiger partial charge in [0, 0.05) is 10.7 Å². The molecule has 0 atom stereocenters. The fourth-order valence-corrected chi connectivity index (χ4v) is 1.92. The van der Waals surface area contributed by atoms with Crippen molar-refractivity contribution in [2.24, 2.45) is 5.73 Å². The third kappa shape index (κ3) is 3.30. The summed E-state index contributed by atoms with van der Waals surface area (Å²) in [4.78, 5) is 3.89. The Morgan fingerprint density at radius 3 is 2.80 bits per heavy atom. The number of nitrogen functional groups attached to an aromatic ring is 1. The first kappa shape index (κ1) is 14.4. The Morgan fingerprint density at radius 1 is 1.35 bits per heavy atom. The summed E-state index contributed by atoms with van der Waals surface area (Å²) in [5, 5.41) is 7.28. The molecule has 2 aromatic rings. The number of halogens is 3. The highest BCUT2D eigenvalue weighted by atomic mass is 79.9. The van der Waals surface area contributed by atoms with Crippen LogP contribution < -0.4 is 10.5 Å². The normalized spacial score (nSPS) is 10.3. The molecular formula is C13H10BrF2N3O. The number of ether oxygens (including phenoxy) is 1. The fourth-order valence-electron chi connectivity index (χ4n) is 1.51. The van der Waals surface area contributed by atoms with Crippen molar-refractivity contribution in [1.82, 2.24) is 4.98 Å². The highest BCUT2D eigenvalue weighted by Crippen LogP contribution is 2.26. The van der Waals surface area contributed by atoms with Gasteiger partial charge in [0.25, 0.3) is 0 Å². The maximum absolute atomic E-state index is 13.5. The van der Waals surface area contributed by atoms with Crippen LogP contribution in [0.1, 0.15) is 11.3 Å². The molecular weight excluding hydrogens is 332 g/mol. The number of nitrogens with zero attached hydrogens (tertiary/aromatic N) is 1. The van der Waals surface area contributed by atoms with Gasteiger partial charge in [-0.05, 0) is 29.8 Å². The van der Waals surface area contributed by atoms with E-state index >= 15 is 0 Å². The molecule has 2 rings (SSSR count). The van der Waals surface area contributed by atoms with Crippen LogP contribution in [0.5, 0.6) is 5.75 Å². The van der Waals surface area contributed by atoms with Crippen LogP contribution >= 0.6 is 15.9 Å². The van der Waals surface area contributed by atoms with Crippen LogP contribution in [-0.4, -0.2) is 10.8 Å². The lowest BCUT2D eigenvalue weighted by Crippen LogP contribution is -2.13. The summed E-state index contributed by atoms with van der Waals surface area (Å²) >= 11 is 3.06. The molecule has 0 saturated carbocycles. The van der Waals surface area contributed by atoms with E-state index in [1.54, 1.807) is 12.1 Å². The summed E-state index contributed by atoms with van der Waals surface area (Å²) in [5.41, 5.74) is 6.26. The number of hydrogen-bond donors (Lipinski definition) is 2. The number of pyridine rings is 1. The van der Waals surface area contributed by atoms with Crippen molar-refractivity contribution < 1.29 is 13.5 Å². The van der Waals surface area contributed by atoms with Gasteiger partial charge in [-0.15, -0.1) is 0 Å². The van der Waals surface area contributed by atoms with Gasteiger partial charge in [0.2, 0.25) is 5.82 Å². The molecule has 0 radical (unpaired) electrons. The van der Waals surface area contributed by atoms with Gasteiger partial charge in [-0.2, -0.15) is 4.39 Å². The van der Waals surface area contributed by atoms with Crippen molar-refractivity contribution in [1.29, 1.82) is 5.41 Å². The van der Waals surface area contributed by atoms with Gasteiger partial charge >= 0.3 is 0 Å². The molecule has 0 spiro atoms. The van der Waals surface area contributed by atoms with E-state index in [1.807, 2.05) is 0 Å². The molecule has 0 bridgehead atoms. The number of rotatable bonds is 4. The summed E-state index contributed by atoms with van der Waals surface area (Å²) in [6.07, 6.45) is 1.47. The van der Waals surface area contributed by atoms with Crippen LogP contribution in [-0.2, 0) is 6.61 Å². The quantitative estimate of drug-likeness (QED) is 0.510. The largest absolute Gasteiger partial charge is 0.486 e. The molecule has 1 heterocycles. The van der Waals surface area contributed by atoms with Crippen LogP contribution in [0.4, 0.5) is 8.78 Å². The fraction of sp³-hybridized carbons (Fsp3) is 0.0769. The number of nitrogens with one attached hydrogen (secondary N) is 1. The first-order chi connectivity index (χ1) is 9.47. The Balaban J connectivity index is 2.17. The van der Waals surface area contributed by atoms with Crippen LogP contribution in [0.25, 0.3) is 0 Å². The van der Waals surface area contributed by atoms with Crippen LogP contribution in [0, 0.1) is 17.0 Å². The second kappa shape index (κ2) is 5.96. The Morgan fingerprint density at radius 2 is 2.10 bits per heavy atom. The molecule has 7 heteroatoms. The Bertz CT molecular complexity index is 664. The smallest absolute Gasteiger partial charge is 0.200 e. The second-order valence-electron chi connectivity index (χ2n) is 3.95. The van der Waals surface area contributed by atoms with Crippen molar-refractivity contribution in [3.05, 3.63) is 57.8 Å². The maximum atomic E-state index is 13.5. The summed E-state index contributed by atoms with van der Waals surface area (Å²) < 4.78 is 32.3. The maximum Gasteiger partial charge on any atom is 0.200 e. The predicted molar refractivity (Wildman–Crippen MR) is 73.6 cm³/mol. The van der Waals surface area contributed by atoms with Crippen LogP contribution in [0.3, 0.4) is 0 Å². The summed E-state index contributed by atoms with van der Waals surface area (Å²) in [6.45, 7) is 0.00954. The summed E-state index contributed by atoms with van der Waals surface area (Å²) in [6, 6.07) is 5.54. The highest BCUT2D eigenvalue weighted by Gasteiger charge is 2.11. The van der Waals surface area contributed by atoms with Gasteiger partial charge in [0.15, 0.2) is 11.6 Å². The predicted octanol–water partition coefficient (Wildman–Crippen LogP) is 2.99. The molecule has 4 nitrogen and oxygen atoms in total. The number of amidine groups is 1. The number of aromatic nitrogens is 1. The average molecular weight is 342 g/mol. The monoisotopic (exact) mass is 341 g/mol. The van der Waals surface area contributed by atoms with Crippen molar-refractivity contribution in [2.75, 3.05) is 0 Å². The molecule has 20 heavy (non-hydrogen) atoms. The van der Waals surface area contributed by atoms with E-state index in [-0.39, 0.29) is 18.2 Å². The number of hydrogen-bond acceptors (Lipinski definition) is 3. The van der Waals surface area contributed by atoms with Gasteiger partial charge in [-0.1, -0.05) is 15.9 Å². The second-order valence-corrected chi connectivity index (χ2v) is 4.87. The molecule has 0 amide bonds. The van der Waals surface area contributed by atoms with Crippen molar-refractivity contribution in [2.45, 2.75) is 6.61 Å². The topological polar surface area (TPSA) is 72.0 Å². The molecule has 1 aromatic heterocycles. The lowest BCUT2D eigenvalue weighted by Gasteiger charge is -2.09. The molecule has 0 aliphatic carbocycles. The molecule has 0 saturated heterocycles. The lowest BCUT2D eigenvalue weighted by molar-refractivity contribution is 0.284. The Kier molecular flexibility index (Phi) is 4.29. The average Bonchev–Trinajstić information content (AvgIpc) is 2.41.